The van der Waals surface area contributed by atoms with Crippen LogP contribution in [0.1, 0.15) is 73.9 Å². The first-order valence-electron chi connectivity index (χ1n) is 41.5. The molecule has 4 aromatic carbocycles. The summed E-state index contributed by atoms with van der Waals surface area (Å²) >= 11 is 9.42. The number of nitrogens with one attached hydrogen (secondary N) is 4. The van der Waals surface area contributed by atoms with Gasteiger partial charge in [-0.2, -0.15) is 19.9 Å². The zero-order chi connectivity index (χ0) is 97.4. The second kappa shape index (κ2) is 47.6. The quantitative estimate of drug-likeness (QED) is 0.0130. The van der Waals surface area contributed by atoms with E-state index < -0.39 is 58.4 Å². The minimum absolute atomic E-state index is 0.00724. The van der Waals surface area contributed by atoms with Crippen LogP contribution in [0.3, 0.4) is 0 Å². The highest BCUT2D eigenvalue weighted by Gasteiger charge is 2.32. The number of hydrogen-bond donors (Lipinski definition) is 8. The lowest BCUT2D eigenvalue weighted by atomic mass is 10.1. The molecule has 16 rings (SSSR count). The fourth-order valence-electron chi connectivity index (χ4n) is 12.5. The van der Waals surface area contributed by atoms with Crippen LogP contribution in [-0.2, 0) is 152 Å². The van der Waals surface area contributed by atoms with E-state index in [1.165, 1.54) is 49.6 Å². The zero-order valence-electron chi connectivity index (χ0n) is 74.0. The van der Waals surface area contributed by atoms with Crippen molar-refractivity contribution in [1.82, 2.24) is 78.1 Å². The van der Waals surface area contributed by atoms with E-state index in [4.69, 9.17) is 107 Å². The van der Waals surface area contributed by atoms with Crippen LogP contribution in [0.15, 0.2) is 206 Å². The van der Waals surface area contributed by atoms with Crippen LogP contribution in [0.5, 0.6) is 0 Å². The van der Waals surface area contributed by atoms with Crippen LogP contribution < -0.4 is 45.2 Å². The van der Waals surface area contributed by atoms with Gasteiger partial charge in [-0.25, -0.2) is 28.7 Å². The van der Waals surface area contributed by atoms with Gasteiger partial charge in [0, 0.05) is 35.7 Å². The molecule has 0 radical (unpaired) electrons. The van der Waals surface area contributed by atoms with Crippen molar-refractivity contribution < 1.29 is 99.8 Å². The van der Waals surface area contributed by atoms with Crippen molar-refractivity contribution in [1.29, 1.82) is 0 Å². The number of hydrogen-bond acceptors (Lipinski definition) is 36. The lowest BCUT2D eigenvalue weighted by Crippen LogP contribution is -2.13. The predicted molar refractivity (Wildman–Crippen MR) is 499 cm³/mol. The molecule has 0 fully saturated rings. The van der Waals surface area contributed by atoms with Gasteiger partial charge in [-0.3, -0.25) is 75.5 Å². The fourth-order valence-corrected chi connectivity index (χ4v) is 18.2. The molecule has 0 aliphatic heterocycles. The summed E-state index contributed by atoms with van der Waals surface area (Å²) in [5.41, 5.74) is 25.7. The number of aromatic amines is 4. The number of rotatable bonds is 44. The standard InChI is InChI=1S/C22H25FN5O6P.C21H23BrN5O6P.C21H23ClN5O6P.C21H23FN5O6P/c1-14-3-5-16(9-18(14)23)10-32-35(30,33-11-17-6-4-15(2)34-17)13-31-8-7-28-12-25-19-20(28)26-22(24)27-21(19)29;3*1-14-5-6-17(33-14)11-32-34(29,31-10-15-3-2-4-16(22)9-15)13-30-8-7-27-12-24-18-19(27)25-21(23)26-20(18)28/h3-6,9,12H,7-8,10-11,13H2,1-2H3,(H3,24,26,27,29);3*2-6,9,12H,7-8,10-11,13H2,1H3,(H3,23,25,26,28). The third-order valence-electron chi connectivity index (χ3n) is 19.3. The Hall–Kier alpha value is -12.3. The highest BCUT2D eigenvalue weighted by atomic mass is 79.9. The number of aryl methyl sites for hydroxylation is 5. The van der Waals surface area contributed by atoms with E-state index in [1.54, 1.807) is 137 Å². The summed E-state index contributed by atoms with van der Waals surface area (Å²) in [6.07, 6.45) is 4.52. The summed E-state index contributed by atoms with van der Waals surface area (Å²) < 4.78 is 177. The summed E-state index contributed by atoms with van der Waals surface area (Å²) in [5, 5.41) is 0.541. The number of benzene rings is 4. The van der Waals surface area contributed by atoms with Crippen molar-refractivity contribution in [2.45, 2.75) is 114 Å². The number of anilines is 4. The van der Waals surface area contributed by atoms with Gasteiger partial charge < -0.3 is 95.9 Å². The first kappa shape index (κ1) is 102. The molecule has 4 unspecified atom stereocenters. The highest BCUT2D eigenvalue weighted by molar-refractivity contribution is 9.10. The van der Waals surface area contributed by atoms with E-state index in [2.05, 4.69) is 75.7 Å². The maximum atomic E-state index is 13.9. The van der Waals surface area contributed by atoms with E-state index in [9.17, 15) is 46.2 Å². The molecule has 0 saturated heterocycles. The molecule has 4 atom stereocenters. The fraction of sp³-hybridized carbons (Fsp3) is 0.294. The number of ether oxygens (including phenoxy) is 4. The Morgan fingerprint density at radius 2 is 0.650 bits per heavy atom. The number of furan rings is 4. The van der Waals surface area contributed by atoms with Crippen LogP contribution in [-0.4, -0.2) is 130 Å². The Balaban J connectivity index is 0.000000154. The average Bonchev–Trinajstić information content (AvgIpc) is 1.67. The van der Waals surface area contributed by atoms with E-state index in [-0.39, 0.29) is 176 Å². The van der Waals surface area contributed by atoms with Crippen molar-refractivity contribution in [2.24, 2.45) is 0 Å². The maximum Gasteiger partial charge on any atom is 0.356 e. The largest absolute Gasteiger partial charge is 0.464 e. The lowest BCUT2D eigenvalue weighted by Gasteiger charge is -2.18. The molecular formula is C85H94BrClF2N20O24P4. The number of H-pyrrole nitrogens is 4. The van der Waals surface area contributed by atoms with E-state index in [0.717, 1.165) is 21.4 Å². The van der Waals surface area contributed by atoms with Crippen molar-refractivity contribution in [2.75, 3.05) is 74.8 Å². The molecule has 16 aromatic rings. The van der Waals surface area contributed by atoms with Crippen LogP contribution in [0.25, 0.3) is 44.7 Å². The van der Waals surface area contributed by atoms with E-state index >= 15 is 0 Å². The smallest absolute Gasteiger partial charge is 0.356 e. The topological polar surface area (TPSA) is 590 Å². The molecule has 0 amide bonds. The summed E-state index contributed by atoms with van der Waals surface area (Å²) in [4.78, 5) is 89.7. The minimum Gasteiger partial charge on any atom is -0.464 e. The van der Waals surface area contributed by atoms with Gasteiger partial charge in [-0.15, -0.1) is 0 Å². The molecule has 0 bridgehead atoms. The lowest BCUT2D eigenvalue weighted by molar-refractivity contribution is 0.114. The number of imidazole rings is 4. The molecular weight excluding hydrogens is 1960 g/mol. The molecule has 12 N–H and O–H groups in total. The van der Waals surface area contributed by atoms with Gasteiger partial charge in [0.25, 0.3) is 22.2 Å². The number of nitrogens with two attached hydrogens (primary N) is 4. The number of nitrogens with zero attached hydrogens (tertiary/aromatic N) is 12. The van der Waals surface area contributed by atoms with Gasteiger partial charge in [0.15, 0.2) is 44.7 Å². The van der Waals surface area contributed by atoms with Gasteiger partial charge >= 0.3 is 30.4 Å². The SMILES string of the molecule is Cc1ccc(COP(=O)(COCCn2cnc3c(=O)[nH]c(N)nc32)OCc2ccc(C)c(F)c2)o1.Cc1ccc(COP(=O)(COCCn2cnc3c(=O)[nH]c(N)nc32)OCc2cccc(Br)c2)o1.Cc1ccc(COP(=O)(COCCn2cnc3c(=O)[nH]c(N)nc32)OCc2cccc(Cl)c2)o1.Cc1ccc(COP(=O)(COCCn2cnc3c(=O)[nH]c(N)nc32)OCc2cccc(F)c2)o1. The first-order chi connectivity index (χ1) is 65.7. The molecule has 12 aromatic heterocycles. The molecule has 726 valence electrons. The molecule has 12 heterocycles. The number of nitrogen functional groups attached to an aromatic ring is 4. The number of halogens is 4. The normalized spacial score (nSPS) is 13.4. The van der Waals surface area contributed by atoms with E-state index in [1.807, 2.05) is 31.2 Å². The second-order valence-corrected chi connectivity index (χ2v) is 39.4. The first-order valence-corrected chi connectivity index (χ1v) is 49.6. The summed E-state index contributed by atoms with van der Waals surface area (Å²) in [5.74, 6) is 3.91. The predicted octanol–water partition coefficient (Wildman–Crippen LogP) is 14.8. The molecule has 0 spiro atoms. The van der Waals surface area contributed by atoms with Crippen molar-refractivity contribution in [3.63, 3.8) is 0 Å². The maximum absolute atomic E-state index is 13.9. The Kier molecular flexibility index (Phi) is 35.5. The molecule has 52 heteroatoms. The Bertz CT molecular complexity index is 6780. The molecule has 0 aliphatic carbocycles. The van der Waals surface area contributed by atoms with Crippen LogP contribution in [0.4, 0.5) is 32.6 Å². The zero-order valence-corrected chi connectivity index (χ0v) is 79.9. The third-order valence-corrected chi connectivity index (χ3v) is 26.2. The molecule has 137 heavy (non-hydrogen) atoms. The van der Waals surface area contributed by atoms with Crippen LogP contribution >= 0.6 is 57.9 Å². The van der Waals surface area contributed by atoms with Gasteiger partial charge in [-0.05, 0) is 153 Å². The molecule has 0 aliphatic rings. The average molecular weight is 2060 g/mol. The highest BCUT2D eigenvalue weighted by Crippen LogP contribution is 2.53. The van der Waals surface area contributed by atoms with Crippen molar-refractivity contribution >= 4 is 126 Å². The van der Waals surface area contributed by atoms with E-state index in [0.29, 0.717) is 91.2 Å². The van der Waals surface area contributed by atoms with Gasteiger partial charge in [-0.1, -0.05) is 76.1 Å². The Labute approximate surface area is 789 Å². The van der Waals surface area contributed by atoms with Crippen molar-refractivity contribution in [3.05, 3.63) is 301 Å². The molecule has 0 saturated carbocycles. The second-order valence-electron chi connectivity index (χ2n) is 30.0. The van der Waals surface area contributed by atoms with Crippen LogP contribution in [0, 0.1) is 46.3 Å². The van der Waals surface area contributed by atoms with Crippen LogP contribution in [0.2, 0.25) is 5.02 Å². The molecule has 44 nitrogen and oxygen atoms in total. The summed E-state index contributed by atoms with van der Waals surface area (Å²) in [6, 6.07) is 38.9. The third kappa shape index (κ3) is 30.1. The summed E-state index contributed by atoms with van der Waals surface area (Å²) in [6.45, 7) is 10.00. The monoisotopic (exact) mass is 2050 g/mol. The van der Waals surface area contributed by atoms with Crippen molar-refractivity contribution in [3.8, 4) is 0 Å². The number of fused-ring (bicyclic) bond motifs is 4. The van der Waals surface area contributed by atoms with Gasteiger partial charge in [0.05, 0.1) is 78.2 Å². The Morgan fingerprint density at radius 1 is 0.365 bits per heavy atom. The number of aromatic nitrogens is 16. The van der Waals surface area contributed by atoms with Gasteiger partial charge in [0.1, 0.15) is 110 Å². The minimum atomic E-state index is -3.76. The summed E-state index contributed by atoms with van der Waals surface area (Å²) in [7, 11) is -14.8. The van der Waals surface area contributed by atoms with Gasteiger partial charge in [0.2, 0.25) is 23.8 Å². The Morgan fingerprint density at radius 3 is 0.934 bits per heavy atom.